The number of H-pyrrole nitrogens is 1. The van der Waals surface area contributed by atoms with Gasteiger partial charge in [0, 0.05) is 12.3 Å². The van der Waals surface area contributed by atoms with Crippen LogP contribution >= 0.6 is 15.9 Å². The van der Waals surface area contributed by atoms with Gasteiger partial charge in [0.1, 0.15) is 6.10 Å². The van der Waals surface area contributed by atoms with E-state index in [4.69, 9.17) is 9.84 Å². The van der Waals surface area contributed by atoms with E-state index in [1.54, 1.807) is 0 Å². The maximum Gasteiger partial charge on any atom is 0.335 e. The summed E-state index contributed by atoms with van der Waals surface area (Å²) in [5, 5.41) is 18.6. The van der Waals surface area contributed by atoms with Gasteiger partial charge in [-0.2, -0.15) is 0 Å². The normalized spacial score (nSPS) is 23.9. The van der Waals surface area contributed by atoms with Crippen LogP contribution in [-0.4, -0.2) is 38.6 Å². The summed E-state index contributed by atoms with van der Waals surface area (Å²) in [5.74, 6) is 0.0535. The van der Waals surface area contributed by atoms with Gasteiger partial charge in [-0.15, -0.1) is 0 Å². The van der Waals surface area contributed by atoms with Gasteiger partial charge in [-0.05, 0) is 15.9 Å². The molecule has 0 saturated heterocycles. The van der Waals surface area contributed by atoms with Crippen LogP contribution in [-0.2, 0) is 4.74 Å². The first-order valence-corrected chi connectivity index (χ1v) is 5.51. The molecular formula is C9H9BrN2O5. The molecule has 17 heavy (non-hydrogen) atoms. The summed E-state index contributed by atoms with van der Waals surface area (Å²) in [5.41, 5.74) is -1.21. The van der Waals surface area contributed by atoms with Crippen molar-refractivity contribution in [1.29, 1.82) is 0 Å². The Morgan fingerprint density at radius 2 is 2.24 bits per heavy atom. The summed E-state index contributed by atoms with van der Waals surface area (Å²) in [6.45, 7) is -0.391. The molecule has 2 rings (SSSR count). The molecular weight excluding hydrogens is 296 g/mol. The summed E-state index contributed by atoms with van der Waals surface area (Å²) >= 11 is 3.08. The Hall–Kier alpha value is -1.38. The number of nitrogens with zero attached hydrogens (tertiary/aromatic N) is 1. The SMILES string of the molecule is O=c1ccn(C2=C(Br)[C@H](O)[C@@H](CO)O2)c(=O)[nH]1. The average Bonchev–Trinajstić information content (AvgIpc) is 2.57. The van der Waals surface area contributed by atoms with E-state index >= 15 is 0 Å². The highest BCUT2D eigenvalue weighted by molar-refractivity contribution is 9.11. The molecule has 92 valence electrons. The van der Waals surface area contributed by atoms with Crippen molar-refractivity contribution in [2.75, 3.05) is 6.61 Å². The molecule has 2 heterocycles. The Bertz CT molecular complexity index is 575. The smallest absolute Gasteiger partial charge is 0.335 e. The first kappa shape index (κ1) is 12.1. The molecule has 0 bridgehead atoms. The molecule has 3 N–H and O–H groups in total. The van der Waals surface area contributed by atoms with E-state index in [1.165, 1.54) is 6.20 Å². The van der Waals surface area contributed by atoms with E-state index in [9.17, 15) is 14.7 Å². The van der Waals surface area contributed by atoms with E-state index in [0.717, 1.165) is 10.6 Å². The molecule has 1 aromatic rings. The van der Waals surface area contributed by atoms with Gasteiger partial charge in [-0.1, -0.05) is 0 Å². The van der Waals surface area contributed by atoms with E-state index < -0.39 is 30.1 Å². The molecule has 0 saturated carbocycles. The van der Waals surface area contributed by atoms with Crippen molar-refractivity contribution in [3.05, 3.63) is 37.6 Å². The third-order valence-corrected chi connectivity index (χ3v) is 3.11. The maximum absolute atomic E-state index is 11.5. The quantitative estimate of drug-likeness (QED) is 0.637. The topological polar surface area (TPSA) is 105 Å². The fourth-order valence-corrected chi connectivity index (χ4v) is 2.02. The fourth-order valence-electron chi connectivity index (χ4n) is 1.44. The summed E-state index contributed by atoms with van der Waals surface area (Å²) < 4.78 is 6.49. The fraction of sp³-hybridized carbons (Fsp3) is 0.333. The summed E-state index contributed by atoms with van der Waals surface area (Å²) in [4.78, 5) is 24.5. The lowest BCUT2D eigenvalue weighted by atomic mass is 10.2. The second-order valence-electron chi connectivity index (χ2n) is 3.42. The zero-order chi connectivity index (χ0) is 12.6. The number of nitrogens with one attached hydrogen (secondary N) is 1. The maximum atomic E-state index is 11.5. The van der Waals surface area contributed by atoms with Crippen molar-refractivity contribution < 1.29 is 14.9 Å². The molecule has 0 aromatic carbocycles. The second kappa shape index (κ2) is 4.47. The second-order valence-corrected chi connectivity index (χ2v) is 4.27. The molecule has 1 aliphatic rings. The van der Waals surface area contributed by atoms with Gasteiger partial charge >= 0.3 is 5.69 Å². The third kappa shape index (κ3) is 2.06. The van der Waals surface area contributed by atoms with Crippen LogP contribution in [0.4, 0.5) is 0 Å². The molecule has 0 amide bonds. The molecule has 2 atom stereocenters. The van der Waals surface area contributed by atoms with Crippen LogP contribution in [0.1, 0.15) is 0 Å². The molecule has 0 aliphatic carbocycles. The Kier molecular flexibility index (Phi) is 3.18. The number of halogens is 1. The number of ether oxygens (including phenoxy) is 1. The van der Waals surface area contributed by atoms with Crippen LogP contribution in [0.25, 0.3) is 5.88 Å². The minimum absolute atomic E-state index is 0.0535. The van der Waals surface area contributed by atoms with Crippen LogP contribution in [0.3, 0.4) is 0 Å². The minimum atomic E-state index is -1.05. The summed E-state index contributed by atoms with van der Waals surface area (Å²) in [7, 11) is 0. The molecule has 0 unspecified atom stereocenters. The predicted molar refractivity (Wildman–Crippen MR) is 61.4 cm³/mol. The highest BCUT2D eigenvalue weighted by atomic mass is 79.9. The lowest BCUT2D eigenvalue weighted by Gasteiger charge is -2.12. The Morgan fingerprint density at radius 3 is 2.76 bits per heavy atom. The number of hydrogen-bond donors (Lipinski definition) is 3. The molecule has 1 aromatic heterocycles. The predicted octanol–water partition coefficient (Wildman–Crippen LogP) is -1.19. The molecule has 7 nitrogen and oxygen atoms in total. The average molecular weight is 305 g/mol. The highest BCUT2D eigenvalue weighted by Gasteiger charge is 2.35. The molecule has 0 radical (unpaired) electrons. The highest BCUT2D eigenvalue weighted by Crippen LogP contribution is 2.31. The summed E-state index contributed by atoms with van der Waals surface area (Å²) in [6, 6.07) is 1.15. The first-order valence-electron chi connectivity index (χ1n) is 4.72. The standard InChI is InChI=1S/C9H9BrN2O5/c10-6-7(15)4(3-13)17-8(6)12-2-1-5(14)11-9(12)16/h1-2,4,7,13,15H,3H2,(H,11,14,16)/t4-,7-/m1/s1. The Morgan fingerprint density at radius 1 is 1.53 bits per heavy atom. The van der Waals surface area contributed by atoms with Crippen molar-refractivity contribution in [3.63, 3.8) is 0 Å². The van der Waals surface area contributed by atoms with Crippen molar-refractivity contribution in [1.82, 2.24) is 9.55 Å². The number of aromatic amines is 1. The number of aliphatic hydroxyl groups is 2. The van der Waals surface area contributed by atoms with Crippen LogP contribution in [0, 0.1) is 0 Å². The number of rotatable bonds is 2. The lowest BCUT2D eigenvalue weighted by Crippen LogP contribution is -2.29. The van der Waals surface area contributed by atoms with Crippen LogP contribution in [0.5, 0.6) is 0 Å². The van der Waals surface area contributed by atoms with Crippen molar-refractivity contribution in [2.45, 2.75) is 12.2 Å². The van der Waals surface area contributed by atoms with Gasteiger partial charge in [-0.25, -0.2) is 9.36 Å². The molecule has 8 heteroatoms. The van der Waals surface area contributed by atoms with Gasteiger partial charge in [0.05, 0.1) is 11.1 Å². The van der Waals surface area contributed by atoms with E-state index in [1.807, 2.05) is 0 Å². The van der Waals surface area contributed by atoms with Crippen LogP contribution < -0.4 is 11.2 Å². The summed E-state index contributed by atoms with van der Waals surface area (Å²) in [6.07, 6.45) is -0.656. The Labute approximate surface area is 103 Å². The van der Waals surface area contributed by atoms with E-state index in [0.29, 0.717) is 0 Å². The van der Waals surface area contributed by atoms with Gasteiger partial charge in [-0.3, -0.25) is 9.78 Å². The number of aliphatic hydroxyl groups excluding tert-OH is 2. The molecule has 0 fully saturated rings. The minimum Gasteiger partial charge on any atom is -0.469 e. The van der Waals surface area contributed by atoms with Crippen LogP contribution in [0.2, 0.25) is 0 Å². The van der Waals surface area contributed by atoms with Gasteiger partial charge in [0.15, 0.2) is 6.10 Å². The Balaban J connectivity index is 2.48. The van der Waals surface area contributed by atoms with Crippen molar-refractivity contribution >= 4 is 21.8 Å². The van der Waals surface area contributed by atoms with Gasteiger partial charge < -0.3 is 14.9 Å². The zero-order valence-corrected chi connectivity index (χ0v) is 10.0. The monoisotopic (exact) mass is 304 g/mol. The molecule has 0 spiro atoms. The first-order chi connectivity index (χ1) is 8.04. The van der Waals surface area contributed by atoms with Crippen molar-refractivity contribution in [3.8, 4) is 0 Å². The molecule has 1 aliphatic heterocycles. The largest absolute Gasteiger partial charge is 0.469 e. The van der Waals surface area contributed by atoms with E-state index in [2.05, 4.69) is 20.9 Å². The number of hydrogen-bond acceptors (Lipinski definition) is 5. The third-order valence-electron chi connectivity index (χ3n) is 2.30. The zero-order valence-electron chi connectivity index (χ0n) is 8.46. The van der Waals surface area contributed by atoms with Gasteiger partial charge in [0.25, 0.3) is 5.56 Å². The lowest BCUT2D eigenvalue weighted by molar-refractivity contribution is 0.0248. The van der Waals surface area contributed by atoms with Crippen molar-refractivity contribution in [2.24, 2.45) is 0 Å². The van der Waals surface area contributed by atoms with E-state index in [-0.39, 0.29) is 10.4 Å². The number of aromatic nitrogens is 2. The van der Waals surface area contributed by atoms with Gasteiger partial charge in [0.2, 0.25) is 5.88 Å². The van der Waals surface area contributed by atoms with Crippen LogP contribution in [0.15, 0.2) is 26.3 Å².